The highest BCUT2D eigenvalue weighted by Crippen LogP contribution is 2.19. The van der Waals surface area contributed by atoms with E-state index in [1.165, 1.54) is 27.0 Å². The van der Waals surface area contributed by atoms with Gasteiger partial charge in [0, 0.05) is 31.2 Å². The summed E-state index contributed by atoms with van der Waals surface area (Å²) in [5.74, 6) is -3.49. The number of amides is 3. The average molecular weight is 562 g/mol. The molecule has 1 aliphatic rings. The maximum absolute atomic E-state index is 13.4. The van der Waals surface area contributed by atoms with E-state index < -0.39 is 70.1 Å². The molecule has 1 aromatic heterocycles. The molecule has 0 spiro atoms. The molecule has 13 nitrogen and oxygen atoms in total. The highest BCUT2D eigenvalue weighted by atomic mass is 32.2. The average Bonchev–Trinajstić information content (AvgIpc) is 2.90. The minimum atomic E-state index is -3.79. The molecule has 2 heterocycles. The number of benzene rings is 1. The van der Waals surface area contributed by atoms with E-state index in [1.54, 1.807) is 18.2 Å². The van der Waals surface area contributed by atoms with Gasteiger partial charge in [-0.1, -0.05) is 24.3 Å². The number of nitrogens with one attached hydrogen (secondary N) is 2. The Kier molecular flexibility index (Phi) is 9.35. The Bertz CT molecular complexity index is 1370. The smallest absolute Gasteiger partial charge is 0.305 e. The molecule has 14 heteroatoms. The van der Waals surface area contributed by atoms with Gasteiger partial charge in [0.15, 0.2) is 0 Å². The Morgan fingerprint density at radius 2 is 1.79 bits per heavy atom. The molecule has 2 aromatic rings. The number of hydrogen-bond donors (Lipinski definition) is 3. The fraction of sp³-hybridized carbons (Fsp3) is 0.440. The number of carbonyl (C=O) groups is 5. The molecule has 0 radical (unpaired) electrons. The number of piperazine rings is 1. The van der Waals surface area contributed by atoms with Crippen LogP contribution in [-0.2, 0) is 29.2 Å². The van der Waals surface area contributed by atoms with Gasteiger partial charge in [0.25, 0.3) is 5.91 Å². The molecule has 0 aliphatic carbocycles. The minimum Gasteiger partial charge on any atom is -0.481 e. The van der Waals surface area contributed by atoms with E-state index in [1.807, 2.05) is 12.1 Å². The molecule has 1 aliphatic heterocycles. The first-order valence-corrected chi connectivity index (χ1v) is 13.8. The number of aliphatic carboxylic acids is 1. The number of sulfonamides is 1. The van der Waals surface area contributed by atoms with Gasteiger partial charge in [-0.05, 0) is 32.2 Å². The second kappa shape index (κ2) is 12.3. The summed E-state index contributed by atoms with van der Waals surface area (Å²) in [6.45, 7) is 3.74. The molecule has 3 atom stereocenters. The van der Waals surface area contributed by atoms with Gasteiger partial charge in [-0.2, -0.15) is 4.31 Å². The van der Waals surface area contributed by atoms with Crippen molar-refractivity contribution in [1.29, 1.82) is 0 Å². The van der Waals surface area contributed by atoms with E-state index in [4.69, 9.17) is 5.11 Å². The fourth-order valence-corrected chi connectivity index (χ4v) is 5.53. The van der Waals surface area contributed by atoms with Gasteiger partial charge in [0.05, 0.1) is 17.7 Å². The first-order chi connectivity index (χ1) is 18.4. The van der Waals surface area contributed by atoms with E-state index in [0.717, 1.165) is 14.6 Å². The highest BCUT2D eigenvalue weighted by molar-refractivity contribution is 7.89. The van der Waals surface area contributed by atoms with Crippen LogP contribution in [0.2, 0.25) is 0 Å². The van der Waals surface area contributed by atoms with Crippen molar-refractivity contribution in [2.75, 3.05) is 19.6 Å². The fourth-order valence-electron chi connectivity index (χ4n) is 4.25. The van der Waals surface area contributed by atoms with E-state index >= 15 is 0 Å². The first-order valence-electron chi connectivity index (χ1n) is 12.3. The van der Waals surface area contributed by atoms with E-state index in [0.29, 0.717) is 5.39 Å². The van der Waals surface area contributed by atoms with Crippen molar-refractivity contribution in [1.82, 2.24) is 24.8 Å². The summed E-state index contributed by atoms with van der Waals surface area (Å²) in [4.78, 5) is 67.2. The second-order valence-electron chi connectivity index (χ2n) is 9.42. The van der Waals surface area contributed by atoms with Gasteiger partial charge >= 0.3 is 5.97 Å². The Labute approximate surface area is 225 Å². The summed E-state index contributed by atoms with van der Waals surface area (Å²) in [6, 6.07) is 4.97. The predicted molar refractivity (Wildman–Crippen MR) is 140 cm³/mol. The van der Waals surface area contributed by atoms with Crippen LogP contribution in [0.25, 0.3) is 10.8 Å². The number of carbonyl (C=O) groups excluding carboxylic acids is 4. The Morgan fingerprint density at radius 3 is 2.44 bits per heavy atom. The topological polar surface area (TPSA) is 183 Å². The van der Waals surface area contributed by atoms with Crippen molar-refractivity contribution in [3.8, 4) is 0 Å². The lowest BCUT2D eigenvalue weighted by Crippen LogP contribution is -2.65. The molecular formula is C25H31N5O8S. The van der Waals surface area contributed by atoms with Gasteiger partial charge in [-0.15, -0.1) is 0 Å². The first kappa shape index (κ1) is 29.6. The van der Waals surface area contributed by atoms with Crippen molar-refractivity contribution < 1.29 is 37.5 Å². The lowest BCUT2D eigenvalue weighted by Gasteiger charge is -2.41. The second-order valence-corrected chi connectivity index (χ2v) is 11.9. The number of aromatic nitrogens is 1. The lowest BCUT2D eigenvalue weighted by atomic mass is 10.1. The maximum Gasteiger partial charge on any atom is 0.305 e. The molecule has 1 aromatic carbocycles. The molecule has 3 rings (SSSR count). The number of carboxylic acid groups (broad SMARTS) is 1. The zero-order valence-corrected chi connectivity index (χ0v) is 22.6. The third-order valence-electron chi connectivity index (χ3n) is 6.38. The summed E-state index contributed by atoms with van der Waals surface area (Å²) in [7, 11) is -3.79. The Morgan fingerprint density at radius 1 is 1.10 bits per heavy atom. The molecule has 210 valence electrons. The Balaban J connectivity index is 1.84. The number of carboxylic acids is 1. The summed E-state index contributed by atoms with van der Waals surface area (Å²) in [6.07, 6.45) is 1.04. The quantitative estimate of drug-likeness (QED) is 0.330. The van der Waals surface area contributed by atoms with Crippen LogP contribution in [0.15, 0.2) is 36.5 Å². The van der Waals surface area contributed by atoms with Crippen molar-refractivity contribution in [2.24, 2.45) is 0 Å². The van der Waals surface area contributed by atoms with Crippen molar-refractivity contribution >= 4 is 50.8 Å². The normalized spacial score (nSPS) is 17.8. The summed E-state index contributed by atoms with van der Waals surface area (Å²) >= 11 is 0. The van der Waals surface area contributed by atoms with Crippen LogP contribution in [0.1, 0.15) is 37.7 Å². The summed E-state index contributed by atoms with van der Waals surface area (Å²) in [5.41, 5.74) is 0.109. The Hall–Kier alpha value is -3.91. The summed E-state index contributed by atoms with van der Waals surface area (Å²) < 4.78 is 26.7. The number of nitrogens with zero attached hydrogens (tertiary/aromatic N) is 3. The van der Waals surface area contributed by atoms with Crippen LogP contribution < -0.4 is 10.6 Å². The van der Waals surface area contributed by atoms with E-state index in [2.05, 4.69) is 15.6 Å². The zero-order chi connectivity index (χ0) is 28.9. The van der Waals surface area contributed by atoms with Crippen LogP contribution in [0.5, 0.6) is 0 Å². The zero-order valence-electron chi connectivity index (χ0n) is 21.7. The third kappa shape index (κ3) is 6.75. The minimum absolute atomic E-state index is 0.0895. The standard InChI is InChI=1S/C25H31N5O8S/c1-15(2)39(37,38)29-10-11-30(20(13-29)23(34)28-18(14-31)12-21(32)33)25(36)16(3)27-24(35)22-19-7-5-4-6-17(19)8-9-26-22/h4-9,14-16,18,20H,10-13H2,1-3H3,(H,27,35)(H,28,34)(H,32,33)/t16-,18-,20-/m0/s1. The monoisotopic (exact) mass is 561 g/mol. The van der Waals surface area contributed by atoms with Crippen LogP contribution in [-0.4, -0.2) is 101 Å². The number of hydrogen-bond acceptors (Lipinski definition) is 8. The van der Waals surface area contributed by atoms with E-state index in [9.17, 15) is 32.4 Å². The molecule has 1 saturated heterocycles. The molecule has 0 bridgehead atoms. The van der Waals surface area contributed by atoms with Crippen LogP contribution in [0, 0.1) is 0 Å². The lowest BCUT2D eigenvalue weighted by molar-refractivity contribution is -0.145. The number of rotatable bonds is 10. The number of pyridine rings is 1. The number of aldehydes is 1. The van der Waals surface area contributed by atoms with Gasteiger partial charge in [0.1, 0.15) is 24.1 Å². The summed E-state index contributed by atoms with van der Waals surface area (Å²) in [5, 5.41) is 14.4. The van der Waals surface area contributed by atoms with Crippen LogP contribution >= 0.6 is 0 Å². The van der Waals surface area contributed by atoms with Gasteiger partial charge in [0.2, 0.25) is 21.8 Å². The molecule has 3 amide bonds. The maximum atomic E-state index is 13.4. The largest absolute Gasteiger partial charge is 0.481 e. The molecule has 39 heavy (non-hydrogen) atoms. The van der Waals surface area contributed by atoms with Crippen molar-refractivity contribution in [3.63, 3.8) is 0 Å². The molecule has 1 fully saturated rings. The predicted octanol–water partition coefficient (Wildman–Crippen LogP) is -0.237. The molecule has 3 N–H and O–H groups in total. The third-order valence-corrected chi connectivity index (χ3v) is 8.62. The SMILES string of the molecule is CC(C)S(=O)(=O)N1CCN(C(=O)[C@H](C)NC(=O)c2nccc3ccccc23)[C@H](C(=O)N[C@H](C=O)CC(=O)O)C1. The van der Waals surface area contributed by atoms with Gasteiger partial charge in [-0.25, -0.2) is 8.42 Å². The van der Waals surface area contributed by atoms with Crippen molar-refractivity contribution in [2.45, 2.75) is 50.6 Å². The van der Waals surface area contributed by atoms with Gasteiger partial charge in [-0.3, -0.25) is 24.2 Å². The number of fused-ring (bicyclic) bond motifs is 1. The molecule has 0 saturated carbocycles. The molecule has 0 unspecified atom stereocenters. The highest BCUT2D eigenvalue weighted by Gasteiger charge is 2.42. The molecular weight excluding hydrogens is 530 g/mol. The van der Waals surface area contributed by atoms with Gasteiger partial charge < -0.3 is 25.4 Å². The van der Waals surface area contributed by atoms with E-state index in [-0.39, 0.29) is 25.1 Å². The van der Waals surface area contributed by atoms with Crippen LogP contribution in [0.4, 0.5) is 0 Å². The van der Waals surface area contributed by atoms with Crippen molar-refractivity contribution in [3.05, 3.63) is 42.2 Å². The van der Waals surface area contributed by atoms with Crippen LogP contribution in [0.3, 0.4) is 0 Å².